The van der Waals surface area contributed by atoms with E-state index >= 15 is 0 Å². The number of benzene rings is 1. The second-order valence-corrected chi connectivity index (χ2v) is 2.47. The molecule has 0 bridgehead atoms. The minimum absolute atomic E-state index is 0.338. The summed E-state index contributed by atoms with van der Waals surface area (Å²) in [4.78, 5) is 19.4. The number of nitrogens with zero attached hydrogens (tertiary/aromatic N) is 3. The first-order valence-electron chi connectivity index (χ1n) is 3.67. The molecular formula is C7H5N3O5. The van der Waals surface area contributed by atoms with E-state index in [0.29, 0.717) is 6.21 Å². The highest BCUT2D eigenvalue weighted by Gasteiger charge is 2.22. The van der Waals surface area contributed by atoms with Crippen LogP contribution in [0.2, 0.25) is 0 Å². The van der Waals surface area contributed by atoms with Crippen LogP contribution in [0.5, 0.6) is 0 Å². The summed E-state index contributed by atoms with van der Waals surface area (Å²) in [5.74, 6) is 0. The van der Waals surface area contributed by atoms with E-state index in [9.17, 15) is 20.2 Å². The Bertz CT molecular complexity index is 410. The quantitative estimate of drug-likeness (QED) is 0.349. The average Bonchev–Trinajstić information content (AvgIpc) is 2.17. The van der Waals surface area contributed by atoms with Gasteiger partial charge in [0.25, 0.3) is 11.4 Å². The highest BCUT2D eigenvalue weighted by Crippen LogP contribution is 2.25. The molecule has 0 aliphatic carbocycles. The fourth-order valence-corrected chi connectivity index (χ4v) is 1.05. The summed E-state index contributed by atoms with van der Waals surface area (Å²) in [5.41, 5.74) is -1.31. The van der Waals surface area contributed by atoms with Gasteiger partial charge in [0.15, 0.2) is 5.56 Å². The van der Waals surface area contributed by atoms with Crippen LogP contribution in [-0.4, -0.2) is 21.3 Å². The Morgan fingerprint density at radius 2 is 1.67 bits per heavy atom. The minimum Gasteiger partial charge on any atom is -0.411 e. The molecule has 78 valence electrons. The molecule has 0 heterocycles. The van der Waals surface area contributed by atoms with E-state index in [4.69, 9.17) is 5.21 Å². The van der Waals surface area contributed by atoms with Crippen LogP contribution in [-0.2, 0) is 0 Å². The Morgan fingerprint density at radius 1 is 1.20 bits per heavy atom. The molecule has 0 amide bonds. The fraction of sp³-hybridized carbons (Fsp3) is 0. The smallest absolute Gasteiger partial charge is 0.285 e. The van der Waals surface area contributed by atoms with E-state index in [1.54, 1.807) is 0 Å². The van der Waals surface area contributed by atoms with E-state index in [0.717, 1.165) is 12.1 Å². The zero-order chi connectivity index (χ0) is 11.4. The van der Waals surface area contributed by atoms with Crippen LogP contribution in [0.1, 0.15) is 5.56 Å². The normalized spacial score (nSPS) is 10.4. The molecule has 0 aliphatic rings. The maximum atomic E-state index is 10.5. The third-order valence-electron chi connectivity index (χ3n) is 1.64. The lowest BCUT2D eigenvalue weighted by Gasteiger charge is -1.97. The second kappa shape index (κ2) is 4.13. The standard InChI is InChI=1S/C7H5N3O5/c11-8-4-5-6(9(12)13)2-1-3-7(5)10(14)15/h1-4,11H. The van der Waals surface area contributed by atoms with E-state index < -0.39 is 21.2 Å². The minimum atomic E-state index is -0.788. The lowest BCUT2D eigenvalue weighted by Crippen LogP contribution is -2.00. The first-order valence-corrected chi connectivity index (χ1v) is 3.67. The molecule has 1 rings (SSSR count). The molecule has 0 spiro atoms. The number of nitro benzene ring substituents is 2. The average molecular weight is 211 g/mol. The molecule has 0 radical (unpaired) electrons. The third-order valence-corrected chi connectivity index (χ3v) is 1.64. The van der Waals surface area contributed by atoms with Crippen LogP contribution in [0, 0.1) is 20.2 Å². The van der Waals surface area contributed by atoms with Gasteiger partial charge in [-0.1, -0.05) is 5.16 Å². The number of oxime groups is 1. The molecule has 0 aliphatic heterocycles. The summed E-state index contributed by atoms with van der Waals surface area (Å²) >= 11 is 0. The molecule has 0 saturated carbocycles. The van der Waals surface area contributed by atoms with E-state index in [1.807, 2.05) is 0 Å². The molecule has 0 unspecified atom stereocenters. The maximum absolute atomic E-state index is 10.5. The summed E-state index contributed by atoms with van der Waals surface area (Å²) in [6.07, 6.45) is 0.663. The Hall–Kier alpha value is -2.51. The van der Waals surface area contributed by atoms with Crippen LogP contribution in [0.3, 0.4) is 0 Å². The summed E-state index contributed by atoms with van der Waals surface area (Å²) in [5, 5.41) is 31.8. The van der Waals surface area contributed by atoms with Gasteiger partial charge in [-0.3, -0.25) is 20.2 Å². The van der Waals surface area contributed by atoms with Gasteiger partial charge in [0.2, 0.25) is 0 Å². The van der Waals surface area contributed by atoms with Crippen molar-refractivity contribution >= 4 is 17.6 Å². The van der Waals surface area contributed by atoms with Gasteiger partial charge >= 0.3 is 0 Å². The Morgan fingerprint density at radius 3 is 2.00 bits per heavy atom. The van der Waals surface area contributed by atoms with Crippen LogP contribution in [0.4, 0.5) is 11.4 Å². The van der Waals surface area contributed by atoms with Crippen molar-refractivity contribution < 1.29 is 15.1 Å². The fourth-order valence-electron chi connectivity index (χ4n) is 1.05. The van der Waals surface area contributed by atoms with Crippen LogP contribution < -0.4 is 0 Å². The van der Waals surface area contributed by atoms with Crippen LogP contribution >= 0.6 is 0 Å². The predicted octanol–water partition coefficient (Wildman–Crippen LogP) is 1.31. The zero-order valence-electron chi connectivity index (χ0n) is 7.23. The van der Waals surface area contributed by atoms with Gasteiger partial charge in [-0.15, -0.1) is 0 Å². The molecule has 0 fully saturated rings. The highest BCUT2D eigenvalue weighted by molar-refractivity contribution is 5.90. The van der Waals surface area contributed by atoms with Crippen molar-refractivity contribution in [2.45, 2.75) is 0 Å². The van der Waals surface area contributed by atoms with Gasteiger partial charge in [0.05, 0.1) is 16.1 Å². The third kappa shape index (κ3) is 2.05. The van der Waals surface area contributed by atoms with Gasteiger partial charge in [0, 0.05) is 12.1 Å². The Labute approximate surface area is 82.7 Å². The highest BCUT2D eigenvalue weighted by atomic mass is 16.6. The van der Waals surface area contributed by atoms with Gasteiger partial charge in [-0.2, -0.15) is 0 Å². The van der Waals surface area contributed by atoms with Crippen molar-refractivity contribution in [1.82, 2.24) is 0 Å². The summed E-state index contributed by atoms with van der Waals surface area (Å²) in [6.45, 7) is 0. The molecule has 1 aromatic rings. The summed E-state index contributed by atoms with van der Waals surface area (Å²) in [7, 11) is 0. The molecule has 0 atom stereocenters. The van der Waals surface area contributed by atoms with E-state index in [-0.39, 0.29) is 5.56 Å². The lowest BCUT2D eigenvalue weighted by atomic mass is 10.1. The summed E-state index contributed by atoms with van der Waals surface area (Å²) in [6, 6.07) is 3.36. The first kappa shape index (κ1) is 10.6. The molecular weight excluding hydrogens is 206 g/mol. The van der Waals surface area contributed by atoms with Gasteiger partial charge in [-0.25, -0.2) is 0 Å². The van der Waals surface area contributed by atoms with Crippen molar-refractivity contribution in [3.8, 4) is 0 Å². The molecule has 15 heavy (non-hydrogen) atoms. The first-order chi connectivity index (χ1) is 7.07. The molecule has 0 saturated heterocycles. The topological polar surface area (TPSA) is 119 Å². The molecule has 8 nitrogen and oxygen atoms in total. The predicted molar refractivity (Wildman–Crippen MR) is 49.1 cm³/mol. The summed E-state index contributed by atoms with van der Waals surface area (Å²) < 4.78 is 0. The van der Waals surface area contributed by atoms with Crippen molar-refractivity contribution in [2.24, 2.45) is 5.16 Å². The monoisotopic (exact) mass is 211 g/mol. The Kier molecular flexibility index (Phi) is 2.91. The van der Waals surface area contributed by atoms with Crippen molar-refractivity contribution in [3.05, 3.63) is 44.0 Å². The van der Waals surface area contributed by atoms with E-state index in [1.165, 1.54) is 6.07 Å². The van der Waals surface area contributed by atoms with Crippen LogP contribution in [0.25, 0.3) is 0 Å². The lowest BCUT2D eigenvalue weighted by molar-refractivity contribution is -0.394. The number of rotatable bonds is 3. The second-order valence-electron chi connectivity index (χ2n) is 2.47. The van der Waals surface area contributed by atoms with Gasteiger partial charge in [-0.05, 0) is 6.07 Å². The van der Waals surface area contributed by atoms with Crippen molar-refractivity contribution in [1.29, 1.82) is 0 Å². The van der Waals surface area contributed by atoms with Gasteiger partial charge < -0.3 is 5.21 Å². The molecule has 0 aromatic heterocycles. The largest absolute Gasteiger partial charge is 0.411 e. The molecule has 8 heteroatoms. The number of hydrogen-bond acceptors (Lipinski definition) is 6. The van der Waals surface area contributed by atoms with Crippen molar-refractivity contribution in [3.63, 3.8) is 0 Å². The van der Waals surface area contributed by atoms with E-state index in [2.05, 4.69) is 5.16 Å². The van der Waals surface area contributed by atoms with Gasteiger partial charge in [0.1, 0.15) is 0 Å². The molecule has 1 aromatic carbocycles. The zero-order valence-corrected chi connectivity index (χ0v) is 7.23. The maximum Gasteiger partial charge on any atom is 0.285 e. The molecule has 1 N–H and O–H groups in total. The van der Waals surface area contributed by atoms with Crippen LogP contribution in [0.15, 0.2) is 23.4 Å². The Balaban J connectivity index is 3.48. The SMILES string of the molecule is O=[N+]([O-])c1cccc([N+](=O)[O-])c1C=NO. The van der Waals surface area contributed by atoms with Crippen molar-refractivity contribution in [2.75, 3.05) is 0 Å². The number of hydrogen-bond donors (Lipinski definition) is 1. The number of nitro groups is 2.